The van der Waals surface area contributed by atoms with Crippen molar-refractivity contribution in [1.82, 2.24) is 31.5 Å². The van der Waals surface area contributed by atoms with E-state index < -0.39 is 162 Å². The van der Waals surface area contributed by atoms with Gasteiger partial charge in [0.05, 0.1) is 72.2 Å². The number of amides is 6. The molecule has 3 unspecified atom stereocenters. The molecule has 0 spiro atoms. The van der Waals surface area contributed by atoms with Crippen molar-refractivity contribution in [2.75, 3.05) is 83.5 Å². The maximum atomic E-state index is 13.7. The summed E-state index contributed by atoms with van der Waals surface area (Å²) in [5.74, 6) is -6.59. The minimum absolute atomic E-state index is 0.0801. The molecule has 3 aliphatic carbocycles. The monoisotopic (exact) mass is 1760 g/mol. The van der Waals surface area contributed by atoms with E-state index in [1.807, 2.05) is 46.7 Å². The van der Waals surface area contributed by atoms with Crippen LogP contribution >= 0.6 is 0 Å². The van der Waals surface area contributed by atoms with Crippen molar-refractivity contribution in [3.63, 3.8) is 0 Å². The molecule has 6 aliphatic rings. The third-order valence-corrected chi connectivity index (χ3v) is 21.8. The molecule has 3 heterocycles. The summed E-state index contributed by atoms with van der Waals surface area (Å²) in [5.41, 5.74) is 19.1. The second-order valence-electron chi connectivity index (χ2n) is 32.4. The lowest BCUT2D eigenvalue weighted by molar-refractivity contribution is -0.121. The van der Waals surface area contributed by atoms with Gasteiger partial charge in [0.2, 0.25) is 34.7 Å². The van der Waals surface area contributed by atoms with Crippen LogP contribution in [-0.4, -0.2) is 248 Å². The minimum atomic E-state index is -1.00. The Morgan fingerprint density at radius 2 is 0.754 bits per heavy atom. The summed E-state index contributed by atoms with van der Waals surface area (Å²) in [7, 11) is 13.9. The van der Waals surface area contributed by atoms with E-state index in [9.17, 15) is 72.9 Å². The first-order valence-corrected chi connectivity index (χ1v) is 41.4. The van der Waals surface area contributed by atoms with Gasteiger partial charge in [-0.15, -0.1) is 6.58 Å². The van der Waals surface area contributed by atoms with Crippen molar-refractivity contribution in [3.05, 3.63) is 188 Å². The van der Waals surface area contributed by atoms with Gasteiger partial charge in [0, 0.05) is 132 Å². The first-order chi connectivity index (χ1) is 59.4. The maximum Gasteiger partial charge on any atom is 0.405 e. The Labute approximate surface area is 738 Å². The summed E-state index contributed by atoms with van der Waals surface area (Å²) in [4.78, 5) is 156. The number of rotatable bonds is 17. The molecular formula is C92H131N9O25. The SMILES string of the molecule is C=CCNC1=C2C[C@@H](C)C[C@H](OC)[C@H](O)[C@@H](C)/C=C(\C)[C@H](OC(N)=O)C(OC)/C=C\C=C(/C)C(=O)NC(=CC1=O)C2=O.COC1/C=C\C=C(/C)C(=O)NC2=CC(=O)C(NCCN(C)C)=C(C[C@@H](C)C[C@H](OC)[C@H](O)[C@@H](C)/C=C(\C)[C@@H]1OC(N)=O)C2=O.COC1=C2C[C@@H](C)C[C@H](OC)[C@H](O)[C@@H](C)/C=C(\C)[C@H](OC(N)=O)C(OC)/C=C\C=C(/C)C(=O)NC(=CC1=O)C2=O. The van der Waals surface area contributed by atoms with E-state index in [4.69, 9.17) is 64.6 Å². The van der Waals surface area contributed by atoms with Gasteiger partial charge in [0.1, 0.15) is 18.3 Å². The molecule has 6 rings (SSSR count). The van der Waals surface area contributed by atoms with E-state index >= 15 is 0 Å². The number of methoxy groups -OCH3 is 7. The number of Topliss-reactive ketones (excluding diaryl/α,β-unsaturated/α-hetero) is 3. The fourth-order valence-corrected chi connectivity index (χ4v) is 14.9. The van der Waals surface area contributed by atoms with Gasteiger partial charge >= 0.3 is 18.3 Å². The summed E-state index contributed by atoms with van der Waals surface area (Å²) >= 11 is 0. The number of primary amides is 3. The number of ether oxygens (including phenoxy) is 10. The van der Waals surface area contributed by atoms with Crippen LogP contribution in [0, 0.1) is 35.5 Å². The van der Waals surface area contributed by atoms with Crippen LogP contribution in [0.25, 0.3) is 0 Å². The number of fused-ring (bicyclic) bond motifs is 6. The van der Waals surface area contributed by atoms with Crippen molar-refractivity contribution in [1.29, 1.82) is 0 Å². The highest BCUT2D eigenvalue weighted by molar-refractivity contribution is 6.25. The number of carbonyl (C=O) groups is 12. The molecule has 3 aliphatic heterocycles. The molecule has 0 saturated carbocycles. The minimum Gasteiger partial charge on any atom is -0.492 e. The Kier molecular flexibility index (Phi) is 44.5. The quantitative estimate of drug-likeness (QED) is 0.0402. The van der Waals surface area contributed by atoms with E-state index in [2.05, 4.69) is 33.2 Å². The molecule has 0 aromatic carbocycles. The van der Waals surface area contributed by atoms with Crippen LogP contribution in [0.1, 0.15) is 122 Å². The molecule has 6 bridgehead atoms. The van der Waals surface area contributed by atoms with E-state index in [0.717, 1.165) is 18.2 Å². The topological polar surface area (TPSA) is 499 Å². The Morgan fingerprint density at radius 1 is 0.460 bits per heavy atom. The highest BCUT2D eigenvalue weighted by Gasteiger charge is 2.39. The van der Waals surface area contributed by atoms with Crippen LogP contribution in [-0.2, 0) is 90.5 Å². The van der Waals surface area contributed by atoms with Crippen LogP contribution in [0.3, 0.4) is 0 Å². The zero-order chi connectivity index (χ0) is 94.8. The molecule has 694 valence electrons. The van der Waals surface area contributed by atoms with Crippen LogP contribution in [0.4, 0.5) is 14.4 Å². The highest BCUT2D eigenvalue weighted by atomic mass is 16.6. The number of carbonyl (C=O) groups excluding carboxylic acids is 12. The van der Waals surface area contributed by atoms with E-state index in [1.54, 1.807) is 109 Å². The number of ketones is 6. The summed E-state index contributed by atoms with van der Waals surface area (Å²) in [6, 6.07) is 0. The molecule has 34 nitrogen and oxygen atoms in total. The van der Waals surface area contributed by atoms with Crippen molar-refractivity contribution >= 4 is 70.7 Å². The Morgan fingerprint density at radius 3 is 1.03 bits per heavy atom. The van der Waals surface area contributed by atoms with Gasteiger partial charge in [-0.3, -0.25) is 43.2 Å². The lowest BCUT2D eigenvalue weighted by atomic mass is 9.85. The largest absolute Gasteiger partial charge is 0.492 e. The Balaban J connectivity index is 0.000000397. The molecule has 0 aromatic rings. The fourth-order valence-electron chi connectivity index (χ4n) is 14.9. The predicted molar refractivity (Wildman–Crippen MR) is 470 cm³/mol. The number of nitrogens with two attached hydrogens (primary N) is 3. The summed E-state index contributed by atoms with van der Waals surface area (Å²) in [6.07, 6.45) is 12.8. The van der Waals surface area contributed by atoms with Crippen molar-refractivity contribution in [3.8, 4) is 0 Å². The van der Waals surface area contributed by atoms with Gasteiger partial charge in [-0.25, -0.2) is 14.4 Å². The number of hydrogen-bond acceptors (Lipinski definition) is 28. The molecular weight excluding hydrogens is 1630 g/mol. The summed E-state index contributed by atoms with van der Waals surface area (Å²) < 4.78 is 54.9. The number of aliphatic hydroxyl groups excluding tert-OH is 3. The van der Waals surface area contributed by atoms with E-state index in [0.29, 0.717) is 49.1 Å². The lowest BCUT2D eigenvalue weighted by Crippen LogP contribution is -2.38. The van der Waals surface area contributed by atoms with Gasteiger partial charge in [0.15, 0.2) is 24.1 Å². The number of nitrogens with zero attached hydrogens (tertiary/aromatic N) is 1. The second-order valence-corrected chi connectivity index (χ2v) is 32.4. The molecule has 0 fully saturated rings. The molecule has 126 heavy (non-hydrogen) atoms. The first-order valence-electron chi connectivity index (χ1n) is 41.4. The third kappa shape index (κ3) is 31.9. The Bertz CT molecular complexity index is 4470. The molecule has 14 N–H and O–H groups in total. The average molecular weight is 1760 g/mol. The van der Waals surface area contributed by atoms with Gasteiger partial charge < -0.3 is 111 Å². The smallest absolute Gasteiger partial charge is 0.405 e. The molecule has 6 amide bonds. The standard InChI is InChI=1S/C32H48N4O8.C31H43N3O8.C29H40N2O9/c1-18-14-22-27(34-12-13-36(5)6)24(37)17-23(29(22)39)35-31(40)19(2)10-9-11-25(42-7)30(44-32(33)41)21(4)16-20(3)28(38)26(15-18)43-8;1-8-12-33-26-21-13-17(2)14-25(41-7)27(36)19(4)15-20(5)29(42-31(32)39)24(40-6)11-9-10-18(3)30(38)34-22(28(21)37)16-23(26)35;1-15-11-19-25(34)20(14-21(32)27(19)39-7)31-28(35)16(2)9-8-10-22(37-5)26(40-29(30)36)18(4)13-17(3)24(33)23(12-15)38-6/h9-11,16-18,20,25-26,28,30,34,38H,12-15H2,1-8H3,(H2,33,41)(H,35,40);8-11,15-17,19,24-25,27,29,33,36H,1,12-14H2,2-7H3,(H2,32,39)(H,34,38);8-10,13-15,17,22-24,26,33H,11-12H2,1-7H3,(H2,30,36)(H,31,35)/b11-9-,19-10+,21-16+;11-9-,18-10+,20-15+;10-8-,16-9+,18-13+/t18-,20+,25?,26+,28-,30+;17-,19+,24?,25+,27-,29+;15-,17+,22?,23+,24-,26+/m111/s1. The zero-order valence-corrected chi connectivity index (χ0v) is 76.2. The van der Waals surface area contributed by atoms with Gasteiger partial charge in [-0.2, -0.15) is 0 Å². The molecule has 0 radical (unpaired) electrons. The number of hydrogen-bond donors (Lipinski definition) is 11. The molecule has 0 aromatic heterocycles. The van der Waals surface area contributed by atoms with Crippen LogP contribution in [0.2, 0.25) is 0 Å². The predicted octanol–water partition coefficient (Wildman–Crippen LogP) is 6.86. The first kappa shape index (κ1) is 107. The normalized spacial score (nSPS) is 31.7. The molecule has 18 atom stereocenters. The average Bonchev–Trinajstić information content (AvgIpc) is 0.861. The van der Waals surface area contributed by atoms with Gasteiger partial charge in [-0.05, 0) is 129 Å². The van der Waals surface area contributed by atoms with Gasteiger partial charge in [-0.1, -0.05) is 121 Å². The Hall–Kier alpha value is -10.9. The molecule has 0 saturated heterocycles. The number of aliphatic hydroxyl groups is 3. The second kappa shape index (κ2) is 52.3. The van der Waals surface area contributed by atoms with E-state index in [1.165, 1.54) is 74.9 Å². The zero-order valence-electron chi connectivity index (χ0n) is 76.2. The van der Waals surface area contributed by atoms with Gasteiger partial charge in [0.25, 0.3) is 17.7 Å². The van der Waals surface area contributed by atoms with Crippen LogP contribution < -0.4 is 43.8 Å². The lowest BCUT2D eigenvalue weighted by Gasteiger charge is -2.30. The molecule has 34 heteroatoms. The number of nitrogens with one attached hydrogen (secondary N) is 5. The van der Waals surface area contributed by atoms with E-state index in [-0.39, 0.29) is 111 Å². The van der Waals surface area contributed by atoms with Crippen molar-refractivity contribution in [2.24, 2.45) is 52.7 Å². The third-order valence-electron chi connectivity index (χ3n) is 21.8. The summed E-state index contributed by atoms with van der Waals surface area (Å²) in [5, 5.41) is 47.4. The fraction of sp³-hybridized carbons (Fsp3) is 0.522. The number of likely N-dealkylation sites (N-methyl/N-ethyl adjacent to an activating group) is 1. The summed E-state index contributed by atoms with van der Waals surface area (Å²) in [6.45, 7) is 25.9. The highest BCUT2D eigenvalue weighted by Crippen LogP contribution is 2.34. The van der Waals surface area contributed by atoms with Crippen molar-refractivity contribution in [2.45, 2.75) is 195 Å². The van der Waals surface area contributed by atoms with Crippen LogP contribution in [0.15, 0.2) is 188 Å². The number of allylic oxidation sites excluding steroid dienone is 12. The van der Waals surface area contributed by atoms with Crippen molar-refractivity contribution < 1.29 is 120 Å². The maximum absolute atomic E-state index is 13.7. The van der Waals surface area contributed by atoms with Crippen LogP contribution in [0.5, 0.6) is 0 Å².